The Labute approximate surface area is 182 Å². The van der Waals surface area contributed by atoms with Crippen molar-refractivity contribution in [1.82, 2.24) is 9.88 Å². The first-order valence-electron chi connectivity index (χ1n) is 10.8. The molecule has 0 saturated carbocycles. The summed E-state index contributed by atoms with van der Waals surface area (Å²) >= 11 is 1.72. The van der Waals surface area contributed by atoms with Gasteiger partial charge in [-0.05, 0) is 38.3 Å². The average Bonchev–Trinajstić information content (AvgIpc) is 3.18. The summed E-state index contributed by atoms with van der Waals surface area (Å²) in [5.41, 5.74) is 3.19. The normalized spacial score (nSPS) is 19.0. The minimum absolute atomic E-state index is 0.00684. The maximum Gasteiger partial charge on any atom is 0.227 e. The van der Waals surface area contributed by atoms with Gasteiger partial charge in [-0.2, -0.15) is 0 Å². The Balaban J connectivity index is 1.36. The molecule has 0 radical (unpaired) electrons. The van der Waals surface area contributed by atoms with Gasteiger partial charge < -0.3 is 15.1 Å². The Morgan fingerprint density at radius 3 is 2.50 bits per heavy atom. The topological polar surface area (TPSA) is 65.5 Å². The quantitative estimate of drug-likeness (QED) is 0.813. The molecule has 1 N–H and O–H groups in total. The SMILES string of the molecule is Cc1ccc(NC(=O)[C@H]2CCc3nc(N4CCN(C(=O)C(C)C)CC4)sc3C2)cc1. The monoisotopic (exact) mass is 426 g/mol. The smallest absolute Gasteiger partial charge is 0.227 e. The molecule has 0 bridgehead atoms. The number of amides is 2. The van der Waals surface area contributed by atoms with Gasteiger partial charge >= 0.3 is 0 Å². The lowest BCUT2D eigenvalue weighted by atomic mass is 9.90. The van der Waals surface area contributed by atoms with E-state index >= 15 is 0 Å². The summed E-state index contributed by atoms with van der Waals surface area (Å²) in [5, 5.41) is 4.10. The van der Waals surface area contributed by atoms with E-state index in [4.69, 9.17) is 4.98 Å². The van der Waals surface area contributed by atoms with E-state index < -0.39 is 0 Å². The van der Waals surface area contributed by atoms with E-state index in [-0.39, 0.29) is 23.7 Å². The fourth-order valence-corrected chi connectivity index (χ4v) is 5.32. The van der Waals surface area contributed by atoms with E-state index in [1.54, 1.807) is 11.3 Å². The number of anilines is 2. The number of rotatable bonds is 4. The summed E-state index contributed by atoms with van der Waals surface area (Å²) in [6, 6.07) is 7.93. The minimum atomic E-state index is -0.00684. The molecule has 0 unspecified atom stereocenters. The fraction of sp³-hybridized carbons (Fsp3) is 0.522. The Bertz CT molecular complexity index is 914. The highest BCUT2D eigenvalue weighted by atomic mass is 32.1. The first-order valence-corrected chi connectivity index (χ1v) is 11.6. The van der Waals surface area contributed by atoms with Gasteiger partial charge in [0.1, 0.15) is 0 Å². The van der Waals surface area contributed by atoms with Crippen molar-refractivity contribution >= 4 is 34.0 Å². The van der Waals surface area contributed by atoms with Crippen LogP contribution >= 0.6 is 11.3 Å². The van der Waals surface area contributed by atoms with E-state index in [2.05, 4.69) is 10.2 Å². The number of benzene rings is 1. The number of piperazine rings is 1. The molecular weight excluding hydrogens is 396 g/mol. The molecule has 30 heavy (non-hydrogen) atoms. The molecule has 1 aromatic carbocycles. The Morgan fingerprint density at radius 2 is 1.83 bits per heavy atom. The van der Waals surface area contributed by atoms with Crippen LogP contribution in [-0.2, 0) is 22.4 Å². The number of nitrogens with zero attached hydrogens (tertiary/aromatic N) is 3. The van der Waals surface area contributed by atoms with Crippen molar-refractivity contribution in [3.05, 3.63) is 40.4 Å². The molecule has 7 heteroatoms. The molecule has 1 saturated heterocycles. The number of fused-ring (bicyclic) bond motifs is 1. The maximum absolute atomic E-state index is 12.8. The molecule has 4 rings (SSSR count). The molecule has 1 aromatic heterocycles. The number of aromatic nitrogens is 1. The number of carbonyl (C=O) groups excluding carboxylic acids is 2. The molecule has 6 nitrogen and oxygen atoms in total. The van der Waals surface area contributed by atoms with Crippen molar-refractivity contribution in [2.75, 3.05) is 36.4 Å². The van der Waals surface area contributed by atoms with Crippen molar-refractivity contribution < 1.29 is 9.59 Å². The lowest BCUT2D eigenvalue weighted by Crippen LogP contribution is -2.49. The second kappa shape index (κ2) is 8.76. The van der Waals surface area contributed by atoms with Gasteiger partial charge in [0.2, 0.25) is 11.8 Å². The summed E-state index contributed by atoms with van der Waals surface area (Å²) in [6.45, 7) is 9.09. The summed E-state index contributed by atoms with van der Waals surface area (Å²) in [5.74, 6) is 0.370. The molecule has 160 valence electrons. The molecule has 1 aliphatic heterocycles. The third-order valence-electron chi connectivity index (χ3n) is 5.97. The number of hydrogen-bond acceptors (Lipinski definition) is 5. The molecule has 2 aliphatic rings. The van der Waals surface area contributed by atoms with Gasteiger partial charge in [0.15, 0.2) is 5.13 Å². The van der Waals surface area contributed by atoms with Crippen LogP contribution in [0.25, 0.3) is 0 Å². The molecule has 1 aliphatic carbocycles. The molecule has 2 aromatic rings. The average molecular weight is 427 g/mol. The van der Waals surface area contributed by atoms with Crippen LogP contribution in [-0.4, -0.2) is 47.9 Å². The second-order valence-electron chi connectivity index (χ2n) is 8.63. The third kappa shape index (κ3) is 4.51. The summed E-state index contributed by atoms with van der Waals surface area (Å²) in [6.07, 6.45) is 2.45. The third-order valence-corrected chi connectivity index (χ3v) is 7.15. The van der Waals surface area contributed by atoms with Crippen LogP contribution in [0.3, 0.4) is 0 Å². The number of aryl methyl sites for hydroxylation is 2. The van der Waals surface area contributed by atoms with Gasteiger partial charge in [0.05, 0.1) is 5.69 Å². The molecule has 1 atom stereocenters. The van der Waals surface area contributed by atoms with Crippen LogP contribution in [0.5, 0.6) is 0 Å². The van der Waals surface area contributed by atoms with Crippen LogP contribution < -0.4 is 10.2 Å². The minimum Gasteiger partial charge on any atom is -0.345 e. The zero-order valence-corrected chi connectivity index (χ0v) is 18.8. The fourth-order valence-electron chi connectivity index (χ4n) is 4.08. The summed E-state index contributed by atoms with van der Waals surface area (Å²) in [4.78, 5) is 35.3. The predicted molar refractivity (Wildman–Crippen MR) is 121 cm³/mol. The molecule has 1 fully saturated rings. The molecule has 2 heterocycles. The van der Waals surface area contributed by atoms with E-state index in [0.29, 0.717) is 0 Å². The van der Waals surface area contributed by atoms with Crippen LogP contribution in [0.4, 0.5) is 10.8 Å². The largest absolute Gasteiger partial charge is 0.345 e. The first kappa shape index (κ1) is 20.8. The van der Waals surface area contributed by atoms with Crippen molar-refractivity contribution in [2.24, 2.45) is 11.8 Å². The van der Waals surface area contributed by atoms with Crippen molar-refractivity contribution in [3.8, 4) is 0 Å². The van der Waals surface area contributed by atoms with E-state index in [1.165, 1.54) is 10.4 Å². The standard InChI is InChI=1S/C23H30N4O2S/c1-15(2)22(29)26-10-12-27(13-11-26)23-25-19-9-6-17(14-20(19)30-23)21(28)24-18-7-4-16(3)5-8-18/h4-5,7-8,15,17H,6,9-14H2,1-3H3,(H,24,28)/t17-/m0/s1. The van der Waals surface area contributed by atoms with Gasteiger partial charge in [0.25, 0.3) is 0 Å². The molecule has 2 amide bonds. The zero-order chi connectivity index (χ0) is 21.3. The zero-order valence-electron chi connectivity index (χ0n) is 18.0. The molecular formula is C23H30N4O2S. The van der Waals surface area contributed by atoms with Gasteiger partial charge in [-0.1, -0.05) is 31.5 Å². The van der Waals surface area contributed by atoms with Crippen LogP contribution in [0.15, 0.2) is 24.3 Å². The summed E-state index contributed by atoms with van der Waals surface area (Å²) < 4.78 is 0. The highest BCUT2D eigenvalue weighted by Gasteiger charge is 2.30. The van der Waals surface area contributed by atoms with Crippen LogP contribution in [0, 0.1) is 18.8 Å². The highest BCUT2D eigenvalue weighted by molar-refractivity contribution is 7.15. The van der Waals surface area contributed by atoms with Crippen molar-refractivity contribution in [2.45, 2.75) is 40.0 Å². The Morgan fingerprint density at radius 1 is 1.13 bits per heavy atom. The van der Waals surface area contributed by atoms with E-state index in [1.807, 2.05) is 49.9 Å². The lowest BCUT2D eigenvalue weighted by Gasteiger charge is -2.35. The number of carbonyl (C=O) groups is 2. The number of hydrogen-bond donors (Lipinski definition) is 1. The van der Waals surface area contributed by atoms with Gasteiger partial charge in [-0.3, -0.25) is 9.59 Å². The van der Waals surface area contributed by atoms with Gasteiger partial charge in [-0.15, -0.1) is 11.3 Å². The number of nitrogens with one attached hydrogen (secondary N) is 1. The maximum atomic E-state index is 12.8. The molecule has 0 spiro atoms. The van der Waals surface area contributed by atoms with Gasteiger partial charge in [-0.25, -0.2) is 4.98 Å². The number of thiazole rings is 1. The van der Waals surface area contributed by atoms with Crippen molar-refractivity contribution in [3.63, 3.8) is 0 Å². The van der Waals surface area contributed by atoms with Crippen molar-refractivity contribution in [1.29, 1.82) is 0 Å². The van der Waals surface area contributed by atoms with Crippen LogP contribution in [0.1, 0.15) is 36.4 Å². The van der Waals surface area contributed by atoms with Crippen LogP contribution in [0.2, 0.25) is 0 Å². The van der Waals surface area contributed by atoms with E-state index in [0.717, 1.165) is 62.0 Å². The lowest BCUT2D eigenvalue weighted by molar-refractivity contribution is -0.134. The van der Waals surface area contributed by atoms with Gasteiger partial charge in [0, 0.05) is 48.6 Å². The van der Waals surface area contributed by atoms with E-state index in [9.17, 15) is 9.59 Å². The Kier molecular flexibility index (Phi) is 6.09. The predicted octanol–water partition coefficient (Wildman–Crippen LogP) is 3.50. The summed E-state index contributed by atoms with van der Waals surface area (Å²) in [7, 11) is 0. The second-order valence-corrected chi connectivity index (χ2v) is 9.69. The highest BCUT2D eigenvalue weighted by Crippen LogP contribution is 2.35. The first-order chi connectivity index (χ1) is 14.4. The Hall–Kier alpha value is -2.41.